The minimum Gasteiger partial charge on any atom is -0.381 e. The molecule has 0 unspecified atom stereocenters. The molecule has 1 aliphatic heterocycles. The van der Waals surface area contributed by atoms with Gasteiger partial charge in [-0.15, -0.1) is 0 Å². The first kappa shape index (κ1) is 9.81. The molecule has 5 heteroatoms. The van der Waals surface area contributed by atoms with E-state index in [9.17, 15) is 13.2 Å². The average molecular weight is 228 g/mol. The van der Waals surface area contributed by atoms with Gasteiger partial charge in [0.25, 0.3) is 0 Å². The topological polar surface area (TPSA) is 24.1 Å². The van der Waals surface area contributed by atoms with Crippen LogP contribution >= 0.6 is 0 Å². The Morgan fingerprint density at radius 2 is 1.88 bits per heavy atom. The first-order valence-electron chi connectivity index (χ1n) is 5.22. The summed E-state index contributed by atoms with van der Waals surface area (Å²) in [5.41, 5.74) is 0.823. The summed E-state index contributed by atoms with van der Waals surface area (Å²) in [6, 6.07) is 3.79. The first-order chi connectivity index (χ1) is 7.49. The van der Waals surface area contributed by atoms with Crippen LogP contribution in [0.15, 0.2) is 18.2 Å². The third kappa shape index (κ3) is 1.50. The molecule has 2 aliphatic rings. The van der Waals surface area contributed by atoms with E-state index in [0.717, 1.165) is 30.7 Å². The molecule has 3 rings (SSSR count). The largest absolute Gasteiger partial charge is 0.416 e. The summed E-state index contributed by atoms with van der Waals surface area (Å²) in [5.74, 6) is 0. The lowest BCUT2D eigenvalue weighted by Gasteiger charge is -2.28. The van der Waals surface area contributed by atoms with Crippen molar-refractivity contribution in [3.8, 4) is 0 Å². The fraction of sp³-hybridized carbons (Fsp3) is 0.455. The van der Waals surface area contributed by atoms with Crippen LogP contribution in [0.5, 0.6) is 0 Å². The van der Waals surface area contributed by atoms with Gasteiger partial charge in [0.2, 0.25) is 0 Å². The number of benzene rings is 1. The molecule has 0 amide bonds. The van der Waals surface area contributed by atoms with E-state index in [1.165, 1.54) is 6.07 Å². The monoisotopic (exact) mass is 228 g/mol. The van der Waals surface area contributed by atoms with Gasteiger partial charge in [-0.3, -0.25) is 0 Å². The van der Waals surface area contributed by atoms with Crippen LogP contribution in [-0.4, -0.2) is 12.1 Å². The van der Waals surface area contributed by atoms with Crippen LogP contribution in [0.1, 0.15) is 18.4 Å². The third-order valence-corrected chi connectivity index (χ3v) is 3.22. The lowest BCUT2D eigenvalue weighted by Crippen LogP contribution is -2.35. The molecule has 1 heterocycles. The molecule has 1 aromatic carbocycles. The molecule has 0 radical (unpaired) electrons. The van der Waals surface area contributed by atoms with Crippen molar-refractivity contribution < 1.29 is 13.2 Å². The molecular formula is C11H11F3N2. The molecular weight excluding hydrogens is 217 g/mol. The van der Waals surface area contributed by atoms with Gasteiger partial charge < -0.3 is 10.6 Å². The Morgan fingerprint density at radius 3 is 2.50 bits per heavy atom. The molecule has 86 valence electrons. The van der Waals surface area contributed by atoms with Crippen molar-refractivity contribution in [3.05, 3.63) is 23.8 Å². The molecule has 16 heavy (non-hydrogen) atoms. The molecule has 1 aromatic rings. The Morgan fingerprint density at radius 1 is 1.12 bits per heavy atom. The van der Waals surface area contributed by atoms with Crippen LogP contribution in [0.4, 0.5) is 24.5 Å². The maximum absolute atomic E-state index is 12.5. The smallest absolute Gasteiger partial charge is 0.381 e. The second kappa shape index (κ2) is 2.84. The van der Waals surface area contributed by atoms with E-state index in [-0.39, 0.29) is 5.54 Å². The Kier molecular flexibility index (Phi) is 1.74. The molecule has 1 fully saturated rings. The zero-order valence-electron chi connectivity index (χ0n) is 8.49. The lowest BCUT2D eigenvalue weighted by molar-refractivity contribution is -0.137. The van der Waals surface area contributed by atoms with Crippen LogP contribution in [0.3, 0.4) is 0 Å². The van der Waals surface area contributed by atoms with Gasteiger partial charge in [0, 0.05) is 6.54 Å². The van der Waals surface area contributed by atoms with Crippen LogP contribution in [-0.2, 0) is 6.18 Å². The highest BCUT2D eigenvalue weighted by Gasteiger charge is 2.45. The quantitative estimate of drug-likeness (QED) is 0.713. The number of halogens is 3. The summed E-state index contributed by atoms with van der Waals surface area (Å²) in [6.07, 6.45) is -2.10. The van der Waals surface area contributed by atoms with Crippen molar-refractivity contribution in [1.82, 2.24) is 0 Å². The Balaban J connectivity index is 1.95. The van der Waals surface area contributed by atoms with Gasteiger partial charge in [0.1, 0.15) is 0 Å². The lowest BCUT2D eigenvalue weighted by atomic mass is 10.1. The van der Waals surface area contributed by atoms with E-state index in [1.807, 2.05) is 0 Å². The van der Waals surface area contributed by atoms with Crippen LogP contribution < -0.4 is 10.6 Å². The Labute approximate surface area is 90.8 Å². The standard InChI is InChI=1S/C11H11F3N2/c12-11(13,14)7-1-2-8-9(5-7)15-6-10(16-8)3-4-10/h1-2,5,15-16H,3-4,6H2. The van der Waals surface area contributed by atoms with Gasteiger partial charge in [-0.2, -0.15) is 13.2 Å². The maximum atomic E-state index is 12.5. The molecule has 1 aliphatic carbocycles. The van der Waals surface area contributed by atoms with E-state index in [1.54, 1.807) is 0 Å². The maximum Gasteiger partial charge on any atom is 0.416 e. The fourth-order valence-electron chi connectivity index (χ4n) is 2.02. The van der Waals surface area contributed by atoms with Crippen molar-refractivity contribution in [2.24, 2.45) is 0 Å². The van der Waals surface area contributed by atoms with Gasteiger partial charge in [-0.05, 0) is 31.0 Å². The van der Waals surface area contributed by atoms with Crippen LogP contribution in [0, 0.1) is 0 Å². The van der Waals surface area contributed by atoms with E-state index < -0.39 is 11.7 Å². The zero-order valence-corrected chi connectivity index (χ0v) is 8.49. The predicted molar refractivity (Wildman–Crippen MR) is 55.5 cm³/mol. The van der Waals surface area contributed by atoms with Crippen LogP contribution in [0.25, 0.3) is 0 Å². The van der Waals surface area contributed by atoms with Gasteiger partial charge in [-0.1, -0.05) is 0 Å². The summed E-state index contributed by atoms with van der Waals surface area (Å²) in [7, 11) is 0. The highest BCUT2D eigenvalue weighted by molar-refractivity contribution is 5.74. The third-order valence-electron chi connectivity index (χ3n) is 3.22. The number of fused-ring (bicyclic) bond motifs is 1. The second-order valence-electron chi connectivity index (χ2n) is 4.52. The highest BCUT2D eigenvalue weighted by Crippen LogP contribution is 2.45. The highest BCUT2D eigenvalue weighted by atomic mass is 19.4. The number of hydrogen-bond acceptors (Lipinski definition) is 2. The SMILES string of the molecule is FC(F)(F)c1ccc2c(c1)NCC1(CC1)N2. The summed E-state index contributed by atoms with van der Waals surface area (Å²) < 4.78 is 37.4. The number of rotatable bonds is 0. The van der Waals surface area contributed by atoms with Gasteiger partial charge >= 0.3 is 6.18 Å². The van der Waals surface area contributed by atoms with E-state index >= 15 is 0 Å². The molecule has 1 saturated carbocycles. The molecule has 2 nitrogen and oxygen atoms in total. The zero-order chi connectivity index (χ0) is 11.4. The summed E-state index contributed by atoms with van der Waals surface area (Å²) in [5, 5.41) is 6.36. The number of hydrogen-bond donors (Lipinski definition) is 2. The van der Waals surface area contributed by atoms with Crippen molar-refractivity contribution in [1.29, 1.82) is 0 Å². The minimum absolute atomic E-state index is 0.104. The average Bonchev–Trinajstić information content (AvgIpc) is 2.95. The molecule has 0 saturated heterocycles. The molecule has 0 bridgehead atoms. The van der Waals surface area contributed by atoms with Crippen molar-refractivity contribution in [2.45, 2.75) is 24.6 Å². The minimum atomic E-state index is -4.27. The second-order valence-corrected chi connectivity index (χ2v) is 4.52. The van der Waals surface area contributed by atoms with Crippen LogP contribution in [0.2, 0.25) is 0 Å². The molecule has 2 N–H and O–H groups in total. The van der Waals surface area contributed by atoms with E-state index in [2.05, 4.69) is 10.6 Å². The normalized spacial score (nSPS) is 20.9. The number of anilines is 2. The van der Waals surface area contributed by atoms with Gasteiger partial charge in [-0.25, -0.2) is 0 Å². The Hall–Kier alpha value is -1.39. The number of alkyl halides is 3. The van der Waals surface area contributed by atoms with E-state index in [4.69, 9.17) is 0 Å². The van der Waals surface area contributed by atoms with Crippen molar-refractivity contribution >= 4 is 11.4 Å². The molecule has 0 atom stereocenters. The van der Waals surface area contributed by atoms with E-state index in [0.29, 0.717) is 12.2 Å². The molecule has 0 aromatic heterocycles. The summed E-state index contributed by atoms with van der Waals surface area (Å²) in [4.78, 5) is 0. The van der Waals surface area contributed by atoms with Crippen molar-refractivity contribution in [3.63, 3.8) is 0 Å². The van der Waals surface area contributed by atoms with Gasteiger partial charge in [0.05, 0.1) is 22.5 Å². The first-order valence-corrected chi connectivity index (χ1v) is 5.22. The predicted octanol–water partition coefficient (Wildman–Crippen LogP) is 3.08. The molecule has 1 spiro atoms. The summed E-state index contributed by atoms with van der Waals surface area (Å²) >= 11 is 0. The van der Waals surface area contributed by atoms with Gasteiger partial charge in [0.15, 0.2) is 0 Å². The Bertz CT molecular complexity index is 435. The fourth-order valence-corrected chi connectivity index (χ4v) is 2.02. The van der Waals surface area contributed by atoms with Crippen molar-refractivity contribution in [2.75, 3.05) is 17.2 Å². The number of nitrogens with one attached hydrogen (secondary N) is 2. The summed E-state index contributed by atoms with van der Waals surface area (Å²) in [6.45, 7) is 0.710.